The number of aromatic hydroxyl groups is 1. The number of phenolic OH excluding ortho intramolecular Hbond substituents is 1. The summed E-state index contributed by atoms with van der Waals surface area (Å²) in [6.45, 7) is 6.69. The maximum absolute atomic E-state index is 10.7. The van der Waals surface area contributed by atoms with Crippen LogP contribution in [0.25, 0.3) is 50.0 Å². The molecule has 0 amide bonds. The molecule has 1 N–H and O–H groups in total. The van der Waals surface area contributed by atoms with E-state index in [9.17, 15) is 5.11 Å². The van der Waals surface area contributed by atoms with E-state index in [-0.39, 0.29) is 32.2 Å². The number of nitrogens with zero attached hydrogens (tertiary/aromatic N) is 3. The van der Waals surface area contributed by atoms with Crippen molar-refractivity contribution in [3.63, 3.8) is 0 Å². The second-order valence-corrected chi connectivity index (χ2v) is 12.7. The van der Waals surface area contributed by atoms with Crippen LogP contribution in [0, 0.1) is 6.07 Å². The van der Waals surface area contributed by atoms with Crippen LogP contribution >= 0.6 is 11.8 Å². The van der Waals surface area contributed by atoms with Crippen LogP contribution in [0.4, 0.5) is 0 Å². The minimum absolute atomic E-state index is 0. The molecule has 0 saturated carbocycles. The van der Waals surface area contributed by atoms with E-state index in [4.69, 9.17) is 4.98 Å². The Morgan fingerprint density at radius 3 is 2.32 bits per heavy atom. The first-order valence-corrected chi connectivity index (χ1v) is 15.1. The van der Waals surface area contributed by atoms with Crippen molar-refractivity contribution in [2.75, 3.05) is 0 Å². The van der Waals surface area contributed by atoms with Crippen LogP contribution in [-0.2, 0) is 26.5 Å². The van der Waals surface area contributed by atoms with Crippen molar-refractivity contribution in [1.29, 1.82) is 0 Å². The Morgan fingerprint density at radius 2 is 1.52 bits per heavy atom. The first-order valence-electron chi connectivity index (χ1n) is 14.3. The Balaban J connectivity index is 0.00000343. The summed E-state index contributed by atoms with van der Waals surface area (Å²) in [6.07, 6.45) is 1.87. The molecule has 0 aliphatic heterocycles. The van der Waals surface area contributed by atoms with Crippen LogP contribution < -0.4 is 0 Å². The minimum Gasteiger partial charge on any atom is -0.506 e. The third-order valence-corrected chi connectivity index (χ3v) is 8.61. The van der Waals surface area contributed by atoms with E-state index in [1.54, 1.807) is 17.8 Å². The molecule has 44 heavy (non-hydrogen) atoms. The summed E-state index contributed by atoms with van der Waals surface area (Å²) >= 11 is 1.59. The third-order valence-electron chi connectivity index (χ3n) is 7.72. The largest absolute Gasteiger partial charge is 0.506 e. The van der Waals surface area contributed by atoms with Gasteiger partial charge in [-0.15, -0.1) is 29.8 Å². The molecule has 6 heteroatoms. The van der Waals surface area contributed by atoms with Gasteiger partial charge in [0.25, 0.3) is 0 Å². The van der Waals surface area contributed by atoms with Gasteiger partial charge in [0.15, 0.2) is 0 Å². The van der Waals surface area contributed by atoms with Crippen LogP contribution in [-0.4, -0.2) is 19.6 Å². The van der Waals surface area contributed by atoms with Crippen LogP contribution in [0.15, 0.2) is 131 Å². The molecule has 4 nitrogen and oxygen atoms in total. The number of aromatic nitrogens is 3. The molecule has 0 radical (unpaired) electrons. The zero-order valence-corrected chi connectivity index (χ0v) is 27.6. The molecule has 0 unspecified atom stereocenters. The van der Waals surface area contributed by atoms with Crippen molar-refractivity contribution in [3.8, 4) is 33.8 Å². The quantitative estimate of drug-likeness (QED) is 0.177. The Bertz CT molecular complexity index is 2110. The average molecular weight is 772 g/mol. The molecule has 0 fully saturated rings. The fourth-order valence-corrected chi connectivity index (χ4v) is 6.30. The molecule has 220 valence electrons. The van der Waals surface area contributed by atoms with Gasteiger partial charge in [0.1, 0.15) is 11.4 Å². The smallest absolute Gasteiger partial charge is 0.139 e. The van der Waals surface area contributed by atoms with Crippen LogP contribution in [0.3, 0.4) is 0 Å². The van der Waals surface area contributed by atoms with Crippen LogP contribution in [0.5, 0.6) is 5.75 Å². The van der Waals surface area contributed by atoms with Crippen molar-refractivity contribution in [1.82, 2.24) is 14.5 Å². The number of benzene rings is 4. The Kier molecular flexibility index (Phi) is 8.19. The van der Waals surface area contributed by atoms with E-state index in [0.29, 0.717) is 5.69 Å². The van der Waals surface area contributed by atoms with Crippen LogP contribution in [0.1, 0.15) is 26.3 Å². The van der Waals surface area contributed by atoms with E-state index in [2.05, 4.69) is 92.5 Å². The topological polar surface area (TPSA) is 50.9 Å². The van der Waals surface area contributed by atoms with Gasteiger partial charge < -0.3 is 5.11 Å². The Hall–Kier alpha value is -4.18. The van der Waals surface area contributed by atoms with Crippen molar-refractivity contribution in [2.24, 2.45) is 0 Å². The summed E-state index contributed by atoms with van der Waals surface area (Å²) in [5.74, 6) is 0.210. The third kappa shape index (κ3) is 5.70. The number of hydrogen-bond donors (Lipinski definition) is 1. The molecule has 4 aromatic carbocycles. The van der Waals surface area contributed by atoms with E-state index in [1.165, 1.54) is 11.1 Å². The van der Waals surface area contributed by atoms with E-state index >= 15 is 0 Å². The summed E-state index contributed by atoms with van der Waals surface area (Å²) < 4.78 is 2.03. The minimum atomic E-state index is 0. The second kappa shape index (κ2) is 12.1. The molecule has 0 bridgehead atoms. The molecule has 0 aliphatic carbocycles. The fraction of sp³-hybridized carbons (Fsp3) is 0.105. The van der Waals surface area contributed by atoms with Gasteiger partial charge >= 0.3 is 0 Å². The Labute approximate surface area is 276 Å². The molecule has 0 aliphatic rings. The number of rotatable bonds is 5. The molecular weight excluding hydrogens is 742 g/mol. The van der Waals surface area contributed by atoms with E-state index < -0.39 is 0 Å². The predicted octanol–water partition coefficient (Wildman–Crippen LogP) is 9.86. The molecule has 3 heterocycles. The van der Waals surface area contributed by atoms with E-state index in [1.807, 2.05) is 59.3 Å². The number of pyridine rings is 2. The van der Waals surface area contributed by atoms with Crippen LogP contribution in [0.2, 0.25) is 0 Å². The summed E-state index contributed by atoms with van der Waals surface area (Å²) in [6, 6.07) is 42.4. The second-order valence-electron chi connectivity index (χ2n) is 11.6. The van der Waals surface area contributed by atoms with Gasteiger partial charge in [0, 0.05) is 38.0 Å². The summed E-state index contributed by atoms with van der Waals surface area (Å²) in [4.78, 5) is 10.7. The van der Waals surface area contributed by atoms with Gasteiger partial charge in [-0.05, 0) is 58.1 Å². The number of para-hydroxylation sites is 3. The van der Waals surface area contributed by atoms with Crippen molar-refractivity contribution in [2.45, 2.75) is 36.1 Å². The van der Waals surface area contributed by atoms with Gasteiger partial charge in [-0.1, -0.05) is 104 Å². The number of hydrogen-bond acceptors (Lipinski definition) is 4. The predicted molar refractivity (Wildman–Crippen MR) is 177 cm³/mol. The molecule has 3 aromatic heterocycles. The Morgan fingerprint density at radius 1 is 0.750 bits per heavy atom. The molecular formula is C38H30N3OPtS-. The normalized spacial score (nSPS) is 11.5. The monoisotopic (exact) mass is 771 g/mol. The first-order chi connectivity index (χ1) is 20.8. The van der Waals surface area contributed by atoms with Gasteiger partial charge in [-0.2, -0.15) is 0 Å². The first kappa shape index (κ1) is 29.9. The SMILES string of the molecule is CC(C)(C)c1ccc(-c2ccnc(Sc3[c-]c(-c4ccc5c6ccccc6n(-c6ccccc6O)c5n4)ccc3)c2)cc1.[Pt]. The molecule has 0 atom stereocenters. The molecule has 7 aromatic rings. The standard InChI is InChI=1S/C38H30N3OS.Pt/c1-38(2,3)28-17-15-25(16-18-28)26-21-22-39-36(24-26)43-29-10-8-9-27(23-29)32-20-19-31-30-11-4-5-12-33(30)41(37(31)40-32)34-13-6-7-14-35(34)42;/h4-22,24,42H,1-3H3;/q-1;. The van der Waals surface area contributed by atoms with Crippen molar-refractivity contribution >= 4 is 33.7 Å². The summed E-state index contributed by atoms with van der Waals surface area (Å²) in [7, 11) is 0. The number of fused-ring (bicyclic) bond motifs is 3. The van der Waals surface area contributed by atoms with Crippen molar-refractivity contribution < 1.29 is 26.2 Å². The average Bonchev–Trinajstić information content (AvgIpc) is 3.35. The number of phenols is 1. The zero-order chi connectivity index (χ0) is 29.6. The van der Waals surface area contributed by atoms with Gasteiger partial charge in [0.05, 0.1) is 16.2 Å². The van der Waals surface area contributed by atoms with Gasteiger partial charge in [0.2, 0.25) is 0 Å². The summed E-state index contributed by atoms with van der Waals surface area (Å²) in [5.41, 5.74) is 7.95. The molecule has 0 saturated heterocycles. The van der Waals surface area contributed by atoms with Gasteiger partial charge in [-0.25, -0.2) is 4.98 Å². The summed E-state index contributed by atoms with van der Waals surface area (Å²) in [5, 5.41) is 13.8. The van der Waals surface area contributed by atoms with Gasteiger partial charge in [-0.3, -0.25) is 9.55 Å². The fourth-order valence-electron chi connectivity index (χ4n) is 5.46. The molecule has 7 rings (SSSR count). The maximum atomic E-state index is 10.7. The molecule has 0 spiro atoms. The maximum Gasteiger partial charge on any atom is 0.139 e. The zero-order valence-electron chi connectivity index (χ0n) is 24.6. The van der Waals surface area contributed by atoms with Crippen molar-refractivity contribution in [3.05, 3.63) is 133 Å². The van der Waals surface area contributed by atoms with E-state index in [0.717, 1.165) is 48.7 Å².